The van der Waals surface area contributed by atoms with Gasteiger partial charge in [0.1, 0.15) is 5.82 Å². The summed E-state index contributed by atoms with van der Waals surface area (Å²) in [5.74, 6) is 0.215. The van der Waals surface area contributed by atoms with Crippen molar-refractivity contribution in [2.45, 2.75) is 25.8 Å². The summed E-state index contributed by atoms with van der Waals surface area (Å²) in [4.78, 5) is 16.8. The van der Waals surface area contributed by atoms with E-state index >= 15 is 0 Å². The van der Waals surface area contributed by atoms with Crippen LogP contribution in [0.1, 0.15) is 24.0 Å². The Balaban J connectivity index is 1.09. The molecule has 30 heavy (non-hydrogen) atoms. The third kappa shape index (κ3) is 5.51. The maximum Gasteiger partial charge on any atom is 0.314 e. The van der Waals surface area contributed by atoms with Crippen molar-refractivity contribution >= 4 is 11.7 Å². The molecular weight excluding hydrogens is 379 g/mol. The number of fused-ring (bicyclic) bond motifs is 1. The van der Waals surface area contributed by atoms with Gasteiger partial charge >= 0.3 is 6.03 Å². The quantitative estimate of drug-likeness (QED) is 0.688. The Morgan fingerprint density at radius 1 is 1.03 bits per heavy atom. The van der Waals surface area contributed by atoms with Gasteiger partial charge in [-0.15, -0.1) is 0 Å². The molecule has 0 aliphatic carbocycles. The maximum absolute atomic E-state index is 13.1. The van der Waals surface area contributed by atoms with E-state index in [1.165, 1.54) is 23.3 Å². The lowest BCUT2D eigenvalue weighted by molar-refractivity contribution is 0.233. The van der Waals surface area contributed by atoms with Crippen LogP contribution in [0.15, 0.2) is 48.5 Å². The highest BCUT2D eigenvalue weighted by Crippen LogP contribution is 2.23. The summed E-state index contributed by atoms with van der Waals surface area (Å²) in [6.45, 7) is 6.30. The Morgan fingerprint density at radius 2 is 1.83 bits per heavy atom. The number of carbonyl (C=O) groups is 1. The van der Waals surface area contributed by atoms with Gasteiger partial charge in [-0.25, -0.2) is 9.18 Å². The van der Waals surface area contributed by atoms with Gasteiger partial charge in [0.25, 0.3) is 0 Å². The first-order valence-electron chi connectivity index (χ1n) is 11.0. The fraction of sp³-hybridized carbons (Fsp3) is 0.458. The molecule has 0 radical (unpaired) electrons. The standard InChI is InChI=1S/C24H31FN4O/c25-22-6-8-23(9-7-22)29-15-10-19(17-29)16-27-24(30)26-12-3-13-28-14-11-20-4-1-2-5-21(20)18-28/h1-2,4-9,19H,3,10-18H2,(H2,26,27,30)/t19-/m0/s1. The minimum Gasteiger partial charge on any atom is -0.371 e. The monoisotopic (exact) mass is 410 g/mol. The zero-order valence-corrected chi connectivity index (χ0v) is 17.4. The Kier molecular flexibility index (Phi) is 6.84. The smallest absolute Gasteiger partial charge is 0.314 e. The Labute approximate surface area is 178 Å². The minimum absolute atomic E-state index is 0.0841. The van der Waals surface area contributed by atoms with Crippen LogP contribution in [0.25, 0.3) is 0 Å². The lowest BCUT2D eigenvalue weighted by atomic mass is 10.00. The van der Waals surface area contributed by atoms with E-state index in [9.17, 15) is 9.18 Å². The summed E-state index contributed by atoms with van der Waals surface area (Å²) < 4.78 is 13.1. The summed E-state index contributed by atoms with van der Waals surface area (Å²) in [5, 5.41) is 5.99. The van der Waals surface area contributed by atoms with Crippen molar-refractivity contribution in [3.63, 3.8) is 0 Å². The van der Waals surface area contributed by atoms with Crippen LogP contribution in [0, 0.1) is 11.7 Å². The van der Waals surface area contributed by atoms with Crippen LogP contribution in [0.5, 0.6) is 0 Å². The highest BCUT2D eigenvalue weighted by Gasteiger charge is 2.23. The van der Waals surface area contributed by atoms with Crippen LogP contribution in [-0.4, -0.2) is 50.2 Å². The van der Waals surface area contributed by atoms with E-state index in [0.29, 0.717) is 19.0 Å². The first-order chi connectivity index (χ1) is 14.7. The topological polar surface area (TPSA) is 47.6 Å². The van der Waals surface area contributed by atoms with Gasteiger partial charge in [0, 0.05) is 51.5 Å². The van der Waals surface area contributed by atoms with E-state index in [2.05, 4.69) is 44.7 Å². The highest BCUT2D eigenvalue weighted by atomic mass is 19.1. The first-order valence-corrected chi connectivity index (χ1v) is 11.0. The van der Waals surface area contributed by atoms with Crippen molar-refractivity contribution in [1.29, 1.82) is 0 Å². The Morgan fingerprint density at radius 3 is 2.67 bits per heavy atom. The van der Waals surface area contributed by atoms with Crippen molar-refractivity contribution in [1.82, 2.24) is 15.5 Å². The van der Waals surface area contributed by atoms with Gasteiger partial charge in [0.15, 0.2) is 0 Å². The molecule has 2 aromatic rings. The molecule has 2 aromatic carbocycles. The number of anilines is 1. The van der Waals surface area contributed by atoms with Crippen LogP contribution < -0.4 is 15.5 Å². The molecule has 1 fully saturated rings. The highest BCUT2D eigenvalue weighted by molar-refractivity contribution is 5.73. The minimum atomic E-state index is -0.210. The Bertz CT molecular complexity index is 841. The second-order valence-corrected chi connectivity index (χ2v) is 8.36. The molecule has 2 N–H and O–H groups in total. The molecule has 5 nitrogen and oxygen atoms in total. The van der Waals surface area contributed by atoms with Crippen LogP contribution in [0.3, 0.4) is 0 Å². The van der Waals surface area contributed by atoms with Crippen molar-refractivity contribution in [3.8, 4) is 0 Å². The largest absolute Gasteiger partial charge is 0.371 e. The number of nitrogens with one attached hydrogen (secondary N) is 2. The van der Waals surface area contributed by atoms with Crippen LogP contribution >= 0.6 is 0 Å². The van der Waals surface area contributed by atoms with Crippen molar-refractivity contribution in [2.75, 3.05) is 44.2 Å². The van der Waals surface area contributed by atoms with Gasteiger partial charge in [0.2, 0.25) is 0 Å². The van der Waals surface area contributed by atoms with E-state index < -0.39 is 0 Å². The number of nitrogens with zero attached hydrogens (tertiary/aromatic N) is 2. The van der Waals surface area contributed by atoms with Gasteiger partial charge in [-0.1, -0.05) is 24.3 Å². The normalized spacial score (nSPS) is 18.8. The second kappa shape index (κ2) is 9.94. The van der Waals surface area contributed by atoms with Crippen LogP contribution in [0.2, 0.25) is 0 Å². The molecule has 160 valence electrons. The molecule has 0 spiro atoms. The molecule has 2 heterocycles. The second-order valence-electron chi connectivity index (χ2n) is 8.36. The van der Waals surface area contributed by atoms with Crippen LogP contribution in [-0.2, 0) is 13.0 Å². The fourth-order valence-electron chi connectivity index (χ4n) is 4.43. The molecule has 2 amide bonds. The zero-order valence-electron chi connectivity index (χ0n) is 17.4. The van der Waals surface area contributed by atoms with E-state index in [1.807, 2.05) is 12.1 Å². The van der Waals surface area contributed by atoms with Gasteiger partial charge < -0.3 is 15.5 Å². The van der Waals surface area contributed by atoms with Gasteiger partial charge in [-0.3, -0.25) is 4.90 Å². The molecule has 1 atom stereocenters. The van der Waals surface area contributed by atoms with E-state index in [-0.39, 0.29) is 11.8 Å². The average molecular weight is 411 g/mol. The molecule has 0 aromatic heterocycles. The molecule has 0 saturated carbocycles. The SMILES string of the molecule is O=C(NCCCN1CCc2ccccc2C1)NC[C@@H]1CCN(c2ccc(F)cc2)C1. The lowest BCUT2D eigenvalue weighted by Crippen LogP contribution is -2.40. The van der Waals surface area contributed by atoms with Crippen molar-refractivity contribution in [2.24, 2.45) is 5.92 Å². The molecule has 6 heteroatoms. The number of hydrogen-bond donors (Lipinski definition) is 2. The average Bonchev–Trinajstić information content (AvgIpc) is 3.25. The predicted molar refractivity (Wildman–Crippen MR) is 118 cm³/mol. The number of halogens is 1. The predicted octanol–water partition coefficient (Wildman–Crippen LogP) is 3.40. The third-order valence-corrected chi connectivity index (χ3v) is 6.18. The summed E-state index contributed by atoms with van der Waals surface area (Å²) in [5.41, 5.74) is 3.94. The molecule has 4 rings (SSSR count). The number of carbonyl (C=O) groups excluding carboxylic acids is 1. The fourth-order valence-corrected chi connectivity index (χ4v) is 4.43. The van der Waals surface area contributed by atoms with Crippen molar-refractivity contribution < 1.29 is 9.18 Å². The van der Waals surface area contributed by atoms with Gasteiger partial charge in [-0.05, 0) is 60.6 Å². The molecule has 1 saturated heterocycles. The van der Waals surface area contributed by atoms with E-state index in [0.717, 1.165) is 57.7 Å². The van der Waals surface area contributed by atoms with E-state index in [4.69, 9.17) is 0 Å². The molecule has 2 aliphatic rings. The molecule has 0 bridgehead atoms. The van der Waals surface area contributed by atoms with E-state index in [1.54, 1.807) is 0 Å². The maximum atomic E-state index is 13.1. The third-order valence-electron chi connectivity index (χ3n) is 6.18. The zero-order chi connectivity index (χ0) is 20.8. The number of hydrogen-bond acceptors (Lipinski definition) is 3. The van der Waals surface area contributed by atoms with Gasteiger partial charge in [0.05, 0.1) is 0 Å². The molecule has 2 aliphatic heterocycles. The van der Waals surface area contributed by atoms with Crippen molar-refractivity contribution in [3.05, 3.63) is 65.5 Å². The molecular formula is C24H31FN4O. The number of urea groups is 1. The first kappa shape index (κ1) is 20.7. The number of rotatable bonds is 7. The number of benzene rings is 2. The summed E-state index contributed by atoms with van der Waals surface area (Å²) in [7, 11) is 0. The van der Waals surface area contributed by atoms with Crippen LogP contribution in [0.4, 0.5) is 14.9 Å². The summed E-state index contributed by atoms with van der Waals surface area (Å²) in [6.07, 6.45) is 3.10. The molecule has 0 unspecified atom stereocenters. The lowest BCUT2D eigenvalue weighted by Gasteiger charge is -2.28. The Hall–Kier alpha value is -2.60. The number of amides is 2. The van der Waals surface area contributed by atoms with Gasteiger partial charge in [-0.2, -0.15) is 0 Å². The summed E-state index contributed by atoms with van der Waals surface area (Å²) in [6, 6.07) is 15.2. The summed E-state index contributed by atoms with van der Waals surface area (Å²) >= 11 is 0.